The maximum Gasteiger partial charge on any atom is 0.387 e. The molecule has 0 bridgehead atoms. The quantitative estimate of drug-likeness (QED) is 0.290. The highest BCUT2D eigenvalue weighted by molar-refractivity contribution is 5.85. The lowest BCUT2D eigenvalue weighted by Crippen LogP contribution is -2.03. The zero-order valence-corrected chi connectivity index (χ0v) is 17.5. The molecule has 0 amide bonds. The summed E-state index contributed by atoms with van der Waals surface area (Å²) in [5.41, 5.74) is 3.75. The van der Waals surface area contributed by atoms with Crippen LogP contribution < -0.4 is 4.74 Å². The molecule has 0 aromatic heterocycles. The van der Waals surface area contributed by atoms with Crippen LogP contribution in [-0.4, -0.2) is 6.61 Å². The molecule has 3 rings (SSSR count). The molecule has 30 heavy (non-hydrogen) atoms. The minimum Gasteiger partial charge on any atom is -0.432 e. The van der Waals surface area contributed by atoms with Gasteiger partial charge >= 0.3 is 6.61 Å². The molecule has 0 N–H and O–H groups in total. The van der Waals surface area contributed by atoms with Gasteiger partial charge in [-0.05, 0) is 53.8 Å². The third-order valence-electron chi connectivity index (χ3n) is 5.49. The van der Waals surface area contributed by atoms with Crippen LogP contribution in [0.15, 0.2) is 54.6 Å². The minimum atomic E-state index is -3.04. The summed E-state index contributed by atoms with van der Waals surface area (Å²) in [5.74, 6) is -1.17. The maximum absolute atomic E-state index is 14.3. The first-order valence-corrected chi connectivity index (χ1v) is 10.8. The maximum atomic E-state index is 14.3. The molecule has 0 atom stereocenters. The molecule has 0 aliphatic rings. The molecule has 3 aromatic rings. The van der Waals surface area contributed by atoms with E-state index in [1.54, 1.807) is 12.1 Å². The summed E-state index contributed by atoms with van der Waals surface area (Å²) in [4.78, 5) is 0. The van der Waals surface area contributed by atoms with Crippen molar-refractivity contribution >= 4 is 10.8 Å². The monoisotopic (exact) mass is 414 g/mol. The number of unbranched alkanes of at least 4 members (excludes halogenated alkanes) is 4. The normalized spacial score (nSPS) is 11.4. The van der Waals surface area contributed by atoms with Gasteiger partial charge in [-0.3, -0.25) is 0 Å². The fourth-order valence-electron chi connectivity index (χ4n) is 3.76. The van der Waals surface area contributed by atoms with Gasteiger partial charge in [-0.25, -0.2) is 4.39 Å². The Kier molecular flexibility index (Phi) is 8.18. The number of hydrogen-bond acceptors (Lipinski definition) is 1. The molecule has 0 saturated heterocycles. The Labute approximate surface area is 176 Å². The summed E-state index contributed by atoms with van der Waals surface area (Å²) >= 11 is 0. The first-order chi connectivity index (χ1) is 14.6. The summed E-state index contributed by atoms with van der Waals surface area (Å²) in [6, 6.07) is 17.1. The molecule has 160 valence electrons. The van der Waals surface area contributed by atoms with E-state index in [0.29, 0.717) is 10.8 Å². The summed E-state index contributed by atoms with van der Waals surface area (Å²) in [6.07, 6.45) is 9.34. The second-order valence-electron chi connectivity index (χ2n) is 7.79. The Morgan fingerprint density at radius 3 is 2.07 bits per heavy atom. The van der Waals surface area contributed by atoms with Crippen molar-refractivity contribution in [1.29, 1.82) is 0 Å². The van der Waals surface area contributed by atoms with Crippen LogP contribution in [0.25, 0.3) is 10.8 Å². The Hall–Kier alpha value is -2.49. The third-order valence-corrected chi connectivity index (χ3v) is 5.49. The second kappa shape index (κ2) is 11.1. The SMILES string of the molecule is CCCCCCCc1ccc(CCc2ccc3c(F)c(OC(F)F)ccc3c2)cc1. The van der Waals surface area contributed by atoms with Crippen LogP contribution >= 0.6 is 0 Å². The first kappa shape index (κ1) is 22.2. The van der Waals surface area contributed by atoms with Gasteiger partial charge in [-0.1, -0.05) is 81.1 Å². The number of hydrogen-bond donors (Lipinski definition) is 0. The molecular weight excluding hydrogens is 385 g/mol. The van der Waals surface area contributed by atoms with Crippen molar-refractivity contribution in [1.82, 2.24) is 0 Å². The van der Waals surface area contributed by atoms with Crippen LogP contribution in [0.2, 0.25) is 0 Å². The number of fused-ring (bicyclic) bond motifs is 1. The number of alkyl halides is 2. The fraction of sp³-hybridized carbons (Fsp3) is 0.385. The Morgan fingerprint density at radius 2 is 1.37 bits per heavy atom. The predicted octanol–water partition coefficient (Wildman–Crippen LogP) is 7.88. The van der Waals surface area contributed by atoms with Gasteiger partial charge in [0.1, 0.15) is 0 Å². The summed E-state index contributed by atoms with van der Waals surface area (Å²) in [5, 5.41) is 0.977. The largest absolute Gasteiger partial charge is 0.432 e. The van der Waals surface area contributed by atoms with Gasteiger partial charge in [-0.15, -0.1) is 0 Å². The lowest BCUT2D eigenvalue weighted by atomic mass is 9.99. The molecule has 3 aromatic carbocycles. The highest BCUT2D eigenvalue weighted by atomic mass is 19.3. The Morgan fingerprint density at radius 1 is 0.733 bits per heavy atom. The van der Waals surface area contributed by atoms with Crippen molar-refractivity contribution < 1.29 is 17.9 Å². The zero-order chi connectivity index (χ0) is 21.3. The van der Waals surface area contributed by atoms with E-state index >= 15 is 0 Å². The van der Waals surface area contributed by atoms with E-state index in [1.807, 2.05) is 12.1 Å². The van der Waals surface area contributed by atoms with Crippen molar-refractivity contribution in [2.75, 3.05) is 0 Å². The van der Waals surface area contributed by atoms with Gasteiger partial charge in [-0.2, -0.15) is 8.78 Å². The van der Waals surface area contributed by atoms with E-state index in [1.165, 1.54) is 49.3 Å². The molecule has 0 saturated carbocycles. The predicted molar refractivity (Wildman–Crippen MR) is 117 cm³/mol. The van der Waals surface area contributed by atoms with E-state index in [4.69, 9.17) is 0 Å². The smallest absolute Gasteiger partial charge is 0.387 e. The summed E-state index contributed by atoms with van der Waals surface area (Å²) < 4.78 is 43.3. The van der Waals surface area contributed by atoms with Crippen molar-refractivity contribution in [2.45, 2.75) is 64.9 Å². The van der Waals surface area contributed by atoms with Crippen LogP contribution in [0.5, 0.6) is 5.75 Å². The van der Waals surface area contributed by atoms with Gasteiger partial charge in [0.25, 0.3) is 0 Å². The first-order valence-electron chi connectivity index (χ1n) is 10.8. The topological polar surface area (TPSA) is 9.23 Å². The van der Waals surface area contributed by atoms with Crippen LogP contribution in [0, 0.1) is 5.82 Å². The van der Waals surface area contributed by atoms with Gasteiger partial charge in [0.2, 0.25) is 0 Å². The number of ether oxygens (including phenoxy) is 1. The minimum absolute atomic E-state index is 0.292. The molecule has 1 nitrogen and oxygen atoms in total. The highest BCUT2D eigenvalue weighted by Gasteiger charge is 2.13. The van der Waals surface area contributed by atoms with Crippen LogP contribution in [0.1, 0.15) is 55.7 Å². The van der Waals surface area contributed by atoms with Crippen molar-refractivity contribution in [3.63, 3.8) is 0 Å². The lowest BCUT2D eigenvalue weighted by molar-refractivity contribution is -0.0520. The highest BCUT2D eigenvalue weighted by Crippen LogP contribution is 2.28. The van der Waals surface area contributed by atoms with Gasteiger partial charge < -0.3 is 4.74 Å². The van der Waals surface area contributed by atoms with Crippen LogP contribution in [0.3, 0.4) is 0 Å². The lowest BCUT2D eigenvalue weighted by Gasteiger charge is -2.09. The second-order valence-corrected chi connectivity index (χ2v) is 7.79. The number of benzene rings is 3. The average Bonchev–Trinajstić information content (AvgIpc) is 2.75. The average molecular weight is 415 g/mol. The van der Waals surface area contributed by atoms with E-state index in [9.17, 15) is 13.2 Å². The van der Waals surface area contributed by atoms with Crippen molar-refractivity contribution in [3.05, 3.63) is 77.1 Å². The Balaban J connectivity index is 1.56. The number of aryl methyl sites for hydroxylation is 3. The van der Waals surface area contributed by atoms with E-state index in [0.717, 1.165) is 24.8 Å². The van der Waals surface area contributed by atoms with Crippen molar-refractivity contribution in [2.24, 2.45) is 0 Å². The van der Waals surface area contributed by atoms with E-state index in [-0.39, 0.29) is 0 Å². The Bertz CT molecular complexity index is 935. The molecule has 0 radical (unpaired) electrons. The molecule has 0 aliphatic carbocycles. The molecular formula is C26H29F3O. The summed E-state index contributed by atoms with van der Waals surface area (Å²) in [7, 11) is 0. The van der Waals surface area contributed by atoms with Gasteiger partial charge in [0, 0.05) is 5.39 Å². The summed E-state index contributed by atoms with van der Waals surface area (Å²) in [6.45, 7) is -0.806. The van der Waals surface area contributed by atoms with Gasteiger partial charge in [0.05, 0.1) is 0 Å². The van der Waals surface area contributed by atoms with Crippen molar-refractivity contribution in [3.8, 4) is 5.75 Å². The number of halogens is 3. The molecule has 0 spiro atoms. The van der Waals surface area contributed by atoms with E-state index < -0.39 is 18.2 Å². The fourth-order valence-corrected chi connectivity index (χ4v) is 3.76. The van der Waals surface area contributed by atoms with Gasteiger partial charge in [0.15, 0.2) is 11.6 Å². The standard InChI is InChI=1S/C26H29F3O/c1-2-3-4-5-6-7-19-8-10-20(11-9-19)12-13-21-14-16-23-22(18-21)15-17-24(25(23)27)30-26(28)29/h8-11,14-18,26H,2-7,12-13H2,1H3. The van der Waals surface area contributed by atoms with E-state index in [2.05, 4.69) is 35.9 Å². The molecule has 0 unspecified atom stereocenters. The molecule has 0 aliphatic heterocycles. The third kappa shape index (κ3) is 6.25. The molecule has 0 heterocycles. The van der Waals surface area contributed by atoms with Crippen LogP contribution in [-0.2, 0) is 19.3 Å². The molecule has 4 heteroatoms. The number of rotatable bonds is 11. The van der Waals surface area contributed by atoms with Crippen LogP contribution in [0.4, 0.5) is 13.2 Å². The molecule has 0 fully saturated rings. The zero-order valence-electron chi connectivity index (χ0n) is 17.5.